The summed E-state index contributed by atoms with van der Waals surface area (Å²) in [4.78, 5) is 3.88. The number of halogens is 4. The van der Waals surface area contributed by atoms with Crippen LogP contribution < -0.4 is 5.32 Å². The third-order valence-corrected chi connectivity index (χ3v) is 3.31. The van der Waals surface area contributed by atoms with Crippen molar-refractivity contribution >= 4 is 39.9 Å². The normalized spacial score (nSPS) is 10.9. The molecule has 0 saturated heterocycles. The first-order valence-corrected chi connectivity index (χ1v) is 6.52. The van der Waals surface area contributed by atoms with Crippen molar-refractivity contribution in [2.45, 2.75) is 13.1 Å². The van der Waals surface area contributed by atoms with Crippen molar-refractivity contribution in [2.75, 3.05) is 5.32 Å². The second-order valence-electron chi connectivity index (χ2n) is 3.51. The molecule has 0 aliphatic heterocycles. The second-order valence-corrected chi connectivity index (χ2v) is 5.16. The number of aromatic nitrogens is 2. The SMILES string of the molecule is FC(F)n1ccnc1CNc1ccc(I)cc1Cl. The number of alkyl halides is 2. The molecule has 0 radical (unpaired) electrons. The molecule has 0 atom stereocenters. The Balaban J connectivity index is 2.09. The van der Waals surface area contributed by atoms with Crippen LogP contribution in [0.15, 0.2) is 30.6 Å². The van der Waals surface area contributed by atoms with E-state index >= 15 is 0 Å². The van der Waals surface area contributed by atoms with Crippen LogP contribution in [0.4, 0.5) is 14.5 Å². The van der Waals surface area contributed by atoms with E-state index in [-0.39, 0.29) is 12.4 Å². The lowest BCUT2D eigenvalue weighted by molar-refractivity contribution is 0.0673. The molecule has 1 N–H and O–H groups in total. The lowest BCUT2D eigenvalue weighted by Gasteiger charge is -2.10. The van der Waals surface area contributed by atoms with Gasteiger partial charge in [-0.3, -0.25) is 4.57 Å². The molecule has 0 amide bonds. The molecule has 2 aromatic rings. The van der Waals surface area contributed by atoms with Crippen LogP contribution in [-0.2, 0) is 6.54 Å². The molecule has 0 saturated carbocycles. The summed E-state index contributed by atoms with van der Waals surface area (Å²) in [5.74, 6) is 0.264. The lowest BCUT2D eigenvalue weighted by atomic mass is 10.3. The Labute approximate surface area is 121 Å². The highest BCUT2D eigenvalue weighted by atomic mass is 127. The summed E-state index contributed by atoms with van der Waals surface area (Å²) in [6, 6.07) is 5.48. The van der Waals surface area contributed by atoms with Crippen molar-refractivity contribution in [3.63, 3.8) is 0 Å². The molecule has 0 aliphatic rings. The van der Waals surface area contributed by atoms with E-state index in [0.29, 0.717) is 10.7 Å². The fourth-order valence-corrected chi connectivity index (χ4v) is 2.39. The number of hydrogen-bond donors (Lipinski definition) is 1. The van der Waals surface area contributed by atoms with Crippen LogP contribution in [0.1, 0.15) is 12.4 Å². The predicted molar refractivity (Wildman–Crippen MR) is 75.0 cm³/mol. The van der Waals surface area contributed by atoms with E-state index in [2.05, 4.69) is 32.9 Å². The minimum Gasteiger partial charge on any atom is -0.377 e. The Morgan fingerprint density at radius 2 is 2.22 bits per heavy atom. The molecule has 2 rings (SSSR count). The summed E-state index contributed by atoms with van der Waals surface area (Å²) in [5.41, 5.74) is 0.695. The van der Waals surface area contributed by atoms with Crippen molar-refractivity contribution in [1.82, 2.24) is 9.55 Å². The van der Waals surface area contributed by atoms with Gasteiger partial charge in [0.2, 0.25) is 0 Å². The molecule has 1 aromatic carbocycles. The first-order chi connectivity index (χ1) is 8.58. The quantitative estimate of drug-likeness (QED) is 0.804. The fraction of sp³-hybridized carbons (Fsp3) is 0.182. The van der Waals surface area contributed by atoms with Crippen LogP contribution in [0, 0.1) is 3.57 Å². The number of nitrogens with zero attached hydrogens (tertiary/aromatic N) is 2. The number of imidazole rings is 1. The van der Waals surface area contributed by atoms with Gasteiger partial charge in [0, 0.05) is 16.0 Å². The lowest BCUT2D eigenvalue weighted by Crippen LogP contribution is -2.09. The van der Waals surface area contributed by atoms with E-state index in [4.69, 9.17) is 11.6 Å². The predicted octanol–water partition coefficient (Wildman–Crippen LogP) is 4.15. The van der Waals surface area contributed by atoms with E-state index in [1.54, 1.807) is 12.1 Å². The van der Waals surface area contributed by atoms with E-state index in [0.717, 1.165) is 8.14 Å². The first-order valence-electron chi connectivity index (χ1n) is 5.06. The molecule has 96 valence electrons. The summed E-state index contributed by atoms with van der Waals surface area (Å²) < 4.78 is 27.0. The van der Waals surface area contributed by atoms with Gasteiger partial charge in [-0.1, -0.05) is 11.6 Å². The highest BCUT2D eigenvalue weighted by molar-refractivity contribution is 14.1. The van der Waals surface area contributed by atoms with E-state index in [9.17, 15) is 8.78 Å². The molecule has 18 heavy (non-hydrogen) atoms. The zero-order valence-corrected chi connectivity index (χ0v) is 12.0. The van der Waals surface area contributed by atoms with Crippen molar-refractivity contribution < 1.29 is 8.78 Å². The Morgan fingerprint density at radius 1 is 1.44 bits per heavy atom. The fourth-order valence-electron chi connectivity index (χ4n) is 1.47. The van der Waals surface area contributed by atoms with Crippen molar-refractivity contribution in [3.8, 4) is 0 Å². The topological polar surface area (TPSA) is 29.9 Å². The highest BCUT2D eigenvalue weighted by Gasteiger charge is 2.11. The molecular formula is C11H9ClF2IN3. The molecule has 0 unspecified atom stereocenters. The van der Waals surface area contributed by atoms with Gasteiger partial charge in [-0.15, -0.1) is 0 Å². The van der Waals surface area contributed by atoms with Crippen LogP contribution in [-0.4, -0.2) is 9.55 Å². The number of anilines is 1. The third-order valence-electron chi connectivity index (χ3n) is 2.33. The highest BCUT2D eigenvalue weighted by Crippen LogP contribution is 2.24. The maximum Gasteiger partial charge on any atom is 0.319 e. The third kappa shape index (κ3) is 3.11. The molecule has 0 spiro atoms. The van der Waals surface area contributed by atoms with Gasteiger partial charge in [-0.25, -0.2) is 4.98 Å². The number of rotatable bonds is 4. The zero-order chi connectivity index (χ0) is 13.1. The molecule has 0 fully saturated rings. The average Bonchev–Trinajstić information content (AvgIpc) is 2.76. The maximum atomic E-state index is 12.6. The Bertz CT molecular complexity index is 545. The van der Waals surface area contributed by atoms with Gasteiger partial charge < -0.3 is 5.32 Å². The summed E-state index contributed by atoms with van der Waals surface area (Å²) in [5, 5.41) is 3.54. The monoisotopic (exact) mass is 383 g/mol. The van der Waals surface area contributed by atoms with Crippen LogP contribution in [0.2, 0.25) is 5.02 Å². The molecule has 0 bridgehead atoms. The van der Waals surface area contributed by atoms with E-state index in [1.807, 2.05) is 6.07 Å². The van der Waals surface area contributed by atoms with Gasteiger partial charge in [0.25, 0.3) is 0 Å². The molecular weight excluding hydrogens is 374 g/mol. The van der Waals surface area contributed by atoms with Crippen molar-refractivity contribution in [1.29, 1.82) is 0 Å². The van der Waals surface area contributed by atoms with Crippen LogP contribution in [0.5, 0.6) is 0 Å². The summed E-state index contributed by atoms with van der Waals surface area (Å²) >= 11 is 8.18. The minimum absolute atomic E-state index is 0.192. The molecule has 1 heterocycles. The van der Waals surface area contributed by atoms with E-state index in [1.165, 1.54) is 12.4 Å². The molecule has 7 heteroatoms. The van der Waals surface area contributed by atoms with Gasteiger partial charge >= 0.3 is 6.55 Å². The summed E-state index contributed by atoms with van der Waals surface area (Å²) in [7, 11) is 0. The van der Waals surface area contributed by atoms with Gasteiger partial charge in [0.15, 0.2) is 0 Å². The zero-order valence-electron chi connectivity index (χ0n) is 9.08. The van der Waals surface area contributed by atoms with Gasteiger partial charge in [-0.05, 0) is 40.8 Å². The summed E-state index contributed by atoms with van der Waals surface area (Å²) in [6.45, 7) is -2.39. The van der Waals surface area contributed by atoms with Crippen molar-refractivity contribution in [2.24, 2.45) is 0 Å². The maximum absolute atomic E-state index is 12.6. The molecule has 1 aromatic heterocycles. The van der Waals surface area contributed by atoms with Gasteiger partial charge in [0.1, 0.15) is 5.82 Å². The van der Waals surface area contributed by atoms with Gasteiger partial charge in [-0.2, -0.15) is 8.78 Å². The largest absolute Gasteiger partial charge is 0.377 e. The smallest absolute Gasteiger partial charge is 0.319 e. The number of hydrogen-bond acceptors (Lipinski definition) is 2. The second kappa shape index (κ2) is 5.83. The average molecular weight is 384 g/mol. The minimum atomic E-state index is -2.59. The Kier molecular flexibility index (Phi) is 4.39. The first kappa shape index (κ1) is 13.5. The standard InChI is InChI=1S/C11H9ClF2IN3/c12-8-5-7(15)1-2-9(8)17-6-10-16-3-4-18(10)11(13)14/h1-5,11,17H,6H2. The van der Waals surface area contributed by atoms with E-state index < -0.39 is 6.55 Å². The Hall–Kier alpha value is -0.890. The van der Waals surface area contributed by atoms with Crippen molar-refractivity contribution in [3.05, 3.63) is 45.0 Å². The van der Waals surface area contributed by atoms with Crippen LogP contribution in [0.25, 0.3) is 0 Å². The van der Waals surface area contributed by atoms with Crippen LogP contribution in [0.3, 0.4) is 0 Å². The summed E-state index contributed by atoms with van der Waals surface area (Å²) in [6.07, 6.45) is 2.59. The Morgan fingerprint density at radius 3 is 2.89 bits per heavy atom. The van der Waals surface area contributed by atoms with Crippen LogP contribution >= 0.6 is 34.2 Å². The molecule has 3 nitrogen and oxygen atoms in total. The number of nitrogens with one attached hydrogen (secondary N) is 1. The molecule has 0 aliphatic carbocycles. The number of benzene rings is 1. The van der Waals surface area contributed by atoms with Gasteiger partial charge in [0.05, 0.1) is 17.3 Å².